The van der Waals surface area contributed by atoms with Crippen molar-refractivity contribution in [1.82, 2.24) is 20.2 Å². The number of thiophene rings is 2. The zero-order chi connectivity index (χ0) is 20.3. The van der Waals surface area contributed by atoms with Gasteiger partial charge in [-0.15, -0.1) is 27.8 Å². The van der Waals surface area contributed by atoms with E-state index >= 15 is 0 Å². The molecule has 1 N–H and O–H groups in total. The van der Waals surface area contributed by atoms with Crippen LogP contribution in [-0.4, -0.2) is 20.2 Å². The van der Waals surface area contributed by atoms with Gasteiger partial charge in [-0.3, -0.25) is 0 Å². The molecule has 29 heavy (non-hydrogen) atoms. The van der Waals surface area contributed by atoms with Crippen LogP contribution < -0.4 is 4.90 Å². The summed E-state index contributed by atoms with van der Waals surface area (Å²) in [6.07, 6.45) is 0. The predicted octanol–water partition coefficient (Wildman–Crippen LogP) is 3.93. The SMILES string of the molecule is CC(C)(C)n1nnnc1[C@@H](c1cccs1)[NH+](Cc1ccccc1)Cc1cccs1. The largest absolute Gasteiger partial charge is 0.313 e. The molecule has 0 aliphatic heterocycles. The van der Waals surface area contributed by atoms with Crippen molar-refractivity contribution in [2.75, 3.05) is 0 Å². The second-order valence-corrected chi connectivity index (χ2v) is 10.2. The summed E-state index contributed by atoms with van der Waals surface area (Å²) in [5, 5.41) is 17.2. The zero-order valence-electron chi connectivity index (χ0n) is 16.9. The highest BCUT2D eigenvalue weighted by atomic mass is 32.1. The summed E-state index contributed by atoms with van der Waals surface area (Å²) in [5.74, 6) is 0.919. The molecule has 4 rings (SSSR count). The minimum absolute atomic E-state index is 0.0616. The molecule has 4 aromatic rings. The molecular weight excluding hydrogens is 398 g/mol. The van der Waals surface area contributed by atoms with Gasteiger partial charge < -0.3 is 4.90 Å². The third kappa shape index (κ3) is 4.63. The summed E-state index contributed by atoms with van der Waals surface area (Å²) in [6.45, 7) is 8.27. The van der Waals surface area contributed by atoms with Crippen LogP contribution in [0.2, 0.25) is 0 Å². The van der Waals surface area contributed by atoms with Gasteiger partial charge in [0.25, 0.3) is 0 Å². The van der Waals surface area contributed by atoms with Crippen LogP contribution in [0.1, 0.15) is 48.0 Å². The predicted molar refractivity (Wildman–Crippen MR) is 118 cm³/mol. The van der Waals surface area contributed by atoms with E-state index in [4.69, 9.17) is 0 Å². The smallest absolute Gasteiger partial charge is 0.215 e. The van der Waals surface area contributed by atoms with Crippen LogP contribution in [-0.2, 0) is 18.6 Å². The number of benzene rings is 1. The molecule has 0 spiro atoms. The van der Waals surface area contributed by atoms with E-state index in [1.165, 1.54) is 20.2 Å². The Bertz CT molecular complexity index is 1000. The lowest BCUT2D eigenvalue weighted by Gasteiger charge is -2.29. The van der Waals surface area contributed by atoms with Crippen LogP contribution in [0.4, 0.5) is 0 Å². The number of hydrogen-bond donors (Lipinski definition) is 1. The molecule has 0 aliphatic carbocycles. The lowest BCUT2D eigenvalue weighted by Crippen LogP contribution is -3.10. The normalized spacial score (nSPS) is 14.0. The second-order valence-electron chi connectivity index (χ2n) is 8.14. The lowest BCUT2D eigenvalue weighted by molar-refractivity contribution is -0.952. The van der Waals surface area contributed by atoms with Crippen LogP contribution in [0, 0.1) is 0 Å². The number of tetrazole rings is 1. The van der Waals surface area contributed by atoms with Gasteiger partial charge in [-0.1, -0.05) is 42.5 Å². The Labute approximate surface area is 179 Å². The molecule has 1 unspecified atom stereocenters. The molecule has 0 saturated carbocycles. The molecule has 0 bridgehead atoms. The number of nitrogens with one attached hydrogen (secondary N) is 1. The number of quaternary nitrogens is 1. The molecule has 0 fully saturated rings. The molecule has 0 radical (unpaired) electrons. The number of hydrogen-bond acceptors (Lipinski definition) is 5. The molecule has 3 heterocycles. The van der Waals surface area contributed by atoms with E-state index in [0.717, 1.165) is 18.9 Å². The van der Waals surface area contributed by atoms with E-state index in [1.807, 2.05) is 16.0 Å². The van der Waals surface area contributed by atoms with Gasteiger partial charge in [-0.2, -0.15) is 0 Å². The van der Waals surface area contributed by atoms with Gasteiger partial charge in [0.05, 0.1) is 15.3 Å². The van der Waals surface area contributed by atoms with E-state index in [0.29, 0.717) is 0 Å². The summed E-state index contributed by atoms with van der Waals surface area (Å²) in [7, 11) is 0. The Kier molecular flexibility index (Phi) is 5.89. The first-order chi connectivity index (χ1) is 14.0. The molecule has 5 nitrogen and oxygen atoms in total. The van der Waals surface area contributed by atoms with Gasteiger partial charge in [0.2, 0.25) is 5.82 Å². The average Bonchev–Trinajstić information content (AvgIpc) is 3.45. The monoisotopic (exact) mass is 424 g/mol. The van der Waals surface area contributed by atoms with Gasteiger partial charge in [-0.25, -0.2) is 4.68 Å². The molecule has 0 saturated heterocycles. The molecule has 3 aromatic heterocycles. The first-order valence-corrected chi connectivity index (χ1v) is 11.5. The zero-order valence-corrected chi connectivity index (χ0v) is 18.6. The Morgan fingerprint density at radius 2 is 1.69 bits per heavy atom. The summed E-state index contributed by atoms with van der Waals surface area (Å²) >= 11 is 3.58. The third-order valence-electron chi connectivity index (χ3n) is 4.88. The number of rotatable bonds is 7. The minimum atomic E-state index is -0.185. The van der Waals surface area contributed by atoms with E-state index in [-0.39, 0.29) is 11.6 Å². The highest BCUT2D eigenvalue weighted by molar-refractivity contribution is 7.10. The molecule has 1 aromatic carbocycles. The first kappa shape index (κ1) is 19.9. The highest BCUT2D eigenvalue weighted by Gasteiger charge is 2.35. The summed E-state index contributed by atoms with van der Waals surface area (Å²) < 4.78 is 1.98. The third-order valence-corrected chi connectivity index (χ3v) is 6.69. The van der Waals surface area contributed by atoms with Crippen molar-refractivity contribution in [3.8, 4) is 0 Å². The van der Waals surface area contributed by atoms with E-state index in [9.17, 15) is 0 Å². The van der Waals surface area contributed by atoms with E-state index in [2.05, 4.69) is 102 Å². The van der Waals surface area contributed by atoms with Crippen molar-refractivity contribution < 1.29 is 4.90 Å². The fourth-order valence-electron chi connectivity index (χ4n) is 3.58. The minimum Gasteiger partial charge on any atom is -0.313 e. The van der Waals surface area contributed by atoms with Gasteiger partial charge in [-0.05, 0) is 54.1 Å². The van der Waals surface area contributed by atoms with Crippen molar-refractivity contribution in [2.24, 2.45) is 0 Å². The maximum absolute atomic E-state index is 4.52. The Balaban J connectivity index is 1.79. The van der Waals surface area contributed by atoms with Crippen LogP contribution in [0.3, 0.4) is 0 Å². The molecular formula is C22H26N5S2+. The fourth-order valence-corrected chi connectivity index (χ4v) is 5.22. The van der Waals surface area contributed by atoms with Crippen LogP contribution in [0.5, 0.6) is 0 Å². The van der Waals surface area contributed by atoms with Crippen molar-refractivity contribution >= 4 is 22.7 Å². The van der Waals surface area contributed by atoms with Crippen molar-refractivity contribution in [2.45, 2.75) is 45.4 Å². The summed E-state index contributed by atoms with van der Waals surface area (Å²) in [5.41, 5.74) is 1.13. The first-order valence-electron chi connectivity index (χ1n) is 9.75. The van der Waals surface area contributed by atoms with Crippen molar-refractivity contribution in [1.29, 1.82) is 0 Å². The van der Waals surface area contributed by atoms with E-state index < -0.39 is 0 Å². The maximum atomic E-state index is 4.52. The van der Waals surface area contributed by atoms with E-state index in [1.54, 1.807) is 11.3 Å². The van der Waals surface area contributed by atoms with Crippen molar-refractivity contribution in [3.05, 3.63) is 86.5 Å². The van der Waals surface area contributed by atoms with Crippen molar-refractivity contribution in [3.63, 3.8) is 0 Å². The topological polar surface area (TPSA) is 48.0 Å². The standard InChI is InChI=1S/C22H25N5S2/c1-22(2,3)27-21(23-24-25-27)20(19-12-8-14-29-19)26(16-18-11-7-13-28-18)15-17-9-5-4-6-10-17/h4-14,20H,15-16H2,1-3H3/p+1/t20-/m1/s1. The number of nitrogens with zero attached hydrogens (tertiary/aromatic N) is 4. The molecule has 0 amide bonds. The maximum Gasteiger partial charge on any atom is 0.215 e. The van der Waals surface area contributed by atoms with Crippen LogP contribution in [0.15, 0.2) is 65.4 Å². The fraction of sp³-hybridized carbons (Fsp3) is 0.318. The molecule has 0 aliphatic rings. The Morgan fingerprint density at radius 1 is 0.931 bits per heavy atom. The molecule has 2 atom stereocenters. The number of aromatic nitrogens is 4. The summed E-state index contributed by atoms with van der Waals surface area (Å²) in [4.78, 5) is 4.07. The van der Waals surface area contributed by atoms with Gasteiger partial charge >= 0.3 is 0 Å². The quantitative estimate of drug-likeness (QED) is 0.489. The average molecular weight is 425 g/mol. The Morgan fingerprint density at radius 3 is 2.34 bits per heavy atom. The molecule has 7 heteroatoms. The summed E-state index contributed by atoms with van der Waals surface area (Å²) in [6, 6.07) is 19.4. The lowest BCUT2D eigenvalue weighted by atomic mass is 10.1. The van der Waals surface area contributed by atoms with Gasteiger partial charge in [0, 0.05) is 5.56 Å². The van der Waals surface area contributed by atoms with Crippen LogP contribution >= 0.6 is 22.7 Å². The second kappa shape index (κ2) is 8.57. The highest BCUT2D eigenvalue weighted by Crippen LogP contribution is 2.26. The van der Waals surface area contributed by atoms with Gasteiger partial charge in [0.1, 0.15) is 13.1 Å². The van der Waals surface area contributed by atoms with Crippen LogP contribution in [0.25, 0.3) is 0 Å². The molecule has 150 valence electrons. The Hall–Kier alpha value is -2.35. The van der Waals surface area contributed by atoms with Gasteiger partial charge in [0.15, 0.2) is 6.04 Å².